The number of likely N-dealkylation sites (tertiary alicyclic amines) is 1. The lowest BCUT2D eigenvalue weighted by molar-refractivity contribution is -0.250. The number of nitrogens with zero attached hydrogens (tertiary/aromatic N) is 3. The lowest BCUT2D eigenvalue weighted by Gasteiger charge is -2.21. The van der Waals surface area contributed by atoms with E-state index in [1.165, 1.54) is 19.3 Å². The summed E-state index contributed by atoms with van der Waals surface area (Å²) in [7, 11) is 1.25. The van der Waals surface area contributed by atoms with E-state index in [-0.39, 0.29) is 4.88 Å². The topological polar surface area (TPSA) is 132 Å². The van der Waals surface area contributed by atoms with Crippen LogP contribution in [0.2, 0.25) is 0 Å². The Labute approximate surface area is 208 Å². The first kappa shape index (κ1) is 25.5. The number of alkyl halides is 2. The molecular weight excluding hydrogens is 494 g/mol. The third-order valence-electron chi connectivity index (χ3n) is 5.80. The maximum Gasteiger partial charge on any atom is 0.267 e. The second-order valence-corrected chi connectivity index (χ2v) is 9.23. The van der Waals surface area contributed by atoms with Gasteiger partial charge < -0.3 is 34.9 Å². The van der Waals surface area contributed by atoms with Gasteiger partial charge in [0.25, 0.3) is 11.8 Å². The lowest BCUT2D eigenvalue weighted by Crippen LogP contribution is -2.37. The molecule has 36 heavy (non-hydrogen) atoms. The van der Waals surface area contributed by atoms with Gasteiger partial charge in [-0.15, -0.1) is 11.3 Å². The molecule has 1 aromatic carbocycles. The molecule has 5 rings (SSSR count). The summed E-state index contributed by atoms with van der Waals surface area (Å²) in [6, 6.07) is 8.81. The van der Waals surface area contributed by atoms with Gasteiger partial charge in [-0.2, -0.15) is 7.05 Å². The molecule has 9 nitrogen and oxygen atoms in total. The van der Waals surface area contributed by atoms with Crippen LogP contribution in [0.4, 0.5) is 13.6 Å². The van der Waals surface area contributed by atoms with Crippen LogP contribution in [0, 0.1) is 6.92 Å². The third-order valence-corrected chi connectivity index (χ3v) is 6.93. The van der Waals surface area contributed by atoms with E-state index in [1.54, 1.807) is 37.3 Å². The van der Waals surface area contributed by atoms with Crippen molar-refractivity contribution in [3.8, 4) is 11.5 Å². The van der Waals surface area contributed by atoms with Gasteiger partial charge in [0.2, 0.25) is 0 Å². The van der Waals surface area contributed by atoms with Gasteiger partial charge in [0.1, 0.15) is 17.6 Å². The minimum Gasteiger partial charge on any atom is -0.680 e. The Hall–Kier alpha value is -3.61. The minimum absolute atomic E-state index is 0.215. The number of aromatic nitrogens is 2. The number of rotatable bonds is 4. The number of carboxylic acid groups (broad SMARTS) is 1. The van der Waals surface area contributed by atoms with Crippen molar-refractivity contribution < 1.29 is 33.3 Å². The van der Waals surface area contributed by atoms with Crippen LogP contribution >= 0.6 is 11.3 Å². The summed E-state index contributed by atoms with van der Waals surface area (Å²) in [6.45, 7) is 0.373. The van der Waals surface area contributed by atoms with Crippen molar-refractivity contribution in [3.63, 3.8) is 0 Å². The molecule has 1 amide bonds. The summed E-state index contributed by atoms with van der Waals surface area (Å²) in [5.41, 5.74) is 7.19. The smallest absolute Gasteiger partial charge is 0.267 e. The maximum atomic E-state index is 13.8. The Morgan fingerprint density at radius 2 is 2.03 bits per heavy atom. The molecule has 0 saturated carbocycles. The molecule has 4 heterocycles. The normalized spacial score (nSPS) is 16.7. The molecule has 1 aliphatic rings. The number of pyridine rings is 1. The SMILES string of the molecule is C[NH-].Cc1cc2cc(Oc3ccnc4cc(C(=O)N5CC(F)(F)CC5CO)sc34)ccc2n1C(=O)[O-]. The van der Waals surface area contributed by atoms with E-state index in [1.807, 2.05) is 0 Å². The predicted molar refractivity (Wildman–Crippen MR) is 129 cm³/mol. The summed E-state index contributed by atoms with van der Waals surface area (Å²) in [5, 5.41) is 21.5. The highest BCUT2D eigenvalue weighted by Crippen LogP contribution is 2.38. The lowest BCUT2D eigenvalue weighted by atomic mass is 10.2. The van der Waals surface area contributed by atoms with Crippen LogP contribution in [0.1, 0.15) is 21.8 Å². The average Bonchev–Trinajstić information content (AvgIpc) is 3.51. The average molecular weight is 517 g/mol. The van der Waals surface area contributed by atoms with Crippen molar-refractivity contribution in [1.29, 1.82) is 0 Å². The molecule has 1 fully saturated rings. The number of nitrogens with one attached hydrogen (secondary N) is 1. The van der Waals surface area contributed by atoms with Crippen molar-refractivity contribution in [2.45, 2.75) is 25.3 Å². The highest BCUT2D eigenvalue weighted by molar-refractivity contribution is 7.21. The summed E-state index contributed by atoms with van der Waals surface area (Å²) >= 11 is 1.07. The zero-order valence-electron chi connectivity index (χ0n) is 19.3. The van der Waals surface area contributed by atoms with E-state index in [2.05, 4.69) is 4.98 Å². The molecule has 1 atom stereocenters. The molecule has 2 N–H and O–H groups in total. The molecule has 4 aromatic rings. The van der Waals surface area contributed by atoms with Gasteiger partial charge in [0.05, 0.1) is 39.8 Å². The molecule has 1 unspecified atom stereocenters. The maximum absolute atomic E-state index is 13.8. The number of hydrogen-bond acceptors (Lipinski definition) is 7. The van der Waals surface area contributed by atoms with E-state index in [9.17, 15) is 28.6 Å². The van der Waals surface area contributed by atoms with E-state index >= 15 is 0 Å². The fraction of sp³-hybridized carbons (Fsp3) is 0.292. The van der Waals surface area contributed by atoms with Crippen molar-refractivity contribution in [2.75, 3.05) is 20.2 Å². The quantitative estimate of drug-likeness (QED) is 0.435. The van der Waals surface area contributed by atoms with Crippen LogP contribution in [0.15, 0.2) is 42.6 Å². The van der Waals surface area contributed by atoms with Crippen molar-refractivity contribution in [1.82, 2.24) is 14.5 Å². The molecule has 0 radical (unpaired) electrons. The first-order valence-electron chi connectivity index (χ1n) is 10.9. The zero-order valence-corrected chi connectivity index (χ0v) is 20.1. The van der Waals surface area contributed by atoms with E-state index in [0.29, 0.717) is 38.3 Å². The van der Waals surface area contributed by atoms with Gasteiger partial charge in [-0.1, -0.05) is 0 Å². The standard InChI is InChI=1S/C23H19F2N3O5S.CH4N/c1-12-6-13-7-15(2-3-17(13)28(12)22(31)32)33-18-4-5-26-16-8-19(34-20(16)18)21(30)27-11-23(24,25)9-14(27)10-29;1-2/h2-8,14,29H,9-11H2,1H3,(H,31,32);2H,1H3/q;-1/p-1. The molecular formula is C24H22F2N4O5S-2. The van der Waals surface area contributed by atoms with Gasteiger partial charge in [-0.05, 0) is 37.3 Å². The van der Waals surface area contributed by atoms with Gasteiger partial charge in [0, 0.05) is 29.8 Å². The molecule has 0 bridgehead atoms. The largest absolute Gasteiger partial charge is 0.680 e. The van der Waals surface area contributed by atoms with Gasteiger partial charge in [0.15, 0.2) is 0 Å². The first-order chi connectivity index (χ1) is 17.2. The molecule has 0 aliphatic carbocycles. The Kier molecular flexibility index (Phi) is 6.94. The number of aliphatic hydroxyl groups excluding tert-OH is 1. The van der Waals surface area contributed by atoms with Crippen LogP contribution in [0.3, 0.4) is 0 Å². The molecule has 1 saturated heterocycles. The minimum atomic E-state index is -3.04. The number of thiophene rings is 1. The Morgan fingerprint density at radius 1 is 1.28 bits per heavy atom. The Bertz CT molecular complexity index is 1450. The Balaban J connectivity index is 0.00000148. The summed E-state index contributed by atoms with van der Waals surface area (Å²) < 4.78 is 35.3. The molecule has 0 spiro atoms. The number of benzene rings is 1. The summed E-state index contributed by atoms with van der Waals surface area (Å²) in [4.78, 5) is 29.8. The van der Waals surface area contributed by atoms with E-state index in [4.69, 9.17) is 10.5 Å². The van der Waals surface area contributed by atoms with E-state index in [0.717, 1.165) is 20.8 Å². The van der Waals surface area contributed by atoms with Crippen LogP contribution in [0.5, 0.6) is 11.5 Å². The van der Waals surface area contributed by atoms with Crippen LogP contribution in [0.25, 0.3) is 26.9 Å². The number of carbonyl (C=O) groups is 2. The van der Waals surface area contributed by atoms with Gasteiger partial charge in [-0.3, -0.25) is 9.78 Å². The Morgan fingerprint density at radius 3 is 2.72 bits per heavy atom. The second kappa shape index (κ2) is 9.80. The molecule has 3 aromatic heterocycles. The van der Waals surface area contributed by atoms with Crippen LogP contribution < -0.4 is 9.84 Å². The van der Waals surface area contributed by atoms with Crippen molar-refractivity contribution >= 4 is 44.5 Å². The summed E-state index contributed by atoms with van der Waals surface area (Å²) in [6.07, 6.45) is -0.394. The number of hydrogen-bond donors (Lipinski definition) is 1. The number of ether oxygens (including phenoxy) is 1. The fourth-order valence-electron chi connectivity index (χ4n) is 4.30. The molecule has 12 heteroatoms. The monoisotopic (exact) mass is 516 g/mol. The van der Waals surface area contributed by atoms with Crippen molar-refractivity contribution in [3.05, 3.63) is 58.9 Å². The fourth-order valence-corrected chi connectivity index (χ4v) is 5.33. The van der Waals surface area contributed by atoms with Gasteiger partial charge >= 0.3 is 0 Å². The first-order valence-corrected chi connectivity index (χ1v) is 11.7. The number of aryl methyl sites for hydroxylation is 1. The van der Waals surface area contributed by atoms with Crippen molar-refractivity contribution in [2.24, 2.45) is 0 Å². The number of amides is 1. The van der Waals surface area contributed by atoms with Gasteiger partial charge in [-0.25, -0.2) is 8.78 Å². The summed E-state index contributed by atoms with van der Waals surface area (Å²) in [5.74, 6) is -2.78. The molecule has 1 aliphatic heterocycles. The highest BCUT2D eigenvalue weighted by Gasteiger charge is 2.47. The molecule has 190 valence electrons. The highest BCUT2D eigenvalue weighted by atomic mass is 32.1. The number of aliphatic hydroxyl groups is 1. The van der Waals surface area contributed by atoms with E-state index < -0.39 is 43.5 Å². The number of fused-ring (bicyclic) bond motifs is 2. The van der Waals surface area contributed by atoms with Crippen LogP contribution in [-0.2, 0) is 0 Å². The predicted octanol–water partition coefficient (Wildman–Crippen LogP) is 4.05. The number of carbonyl (C=O) groups excluding carboxylic acids is 2. The zero-order chi connectivity index (χ0) is 26.2. The second-order valence-electron chi connectivity index (χ2n) is 8.17. The number of halogens is 2. The third kappa shape index (κ3) is 4.62. The van der Waals surface area contributed by atoms with Crippen LogP contribution in [-0.4, -0.2) is 63.7 Å².